The van der Waals surface area contributed by atoms with Crippen LogP contribution in [0, 0.1) is 5.92 Å². The third-order valence-corrected chi connectivity index (χ3v) is 3.27. The third kappa shape index (κ3) is 2.05. The standard InChI is InChI=1S/C10H15ClN4O/c1-6-4-15(3-2-7(6)16)10-8(12)9(11)13-5-14-10/h5-7,16H,2-4,12H2,1H3. The molecule has 6 heteroatoms. The van der Waals surface area contributed by atoms with Crippen molar-refractivity contribution in [1.29, 1.82) is 0 Å². The number of hydrogen-bond donors (Lipinski definition) is 2. The maximum Gasteiger partial charge on any atom is 0.157 e. The van der Waals surface area contributed by atoms with E-state index in [9.17, 15) is 5.11 Å². The molecule has 3 N–H and O–H groups in total. The zero-order chi connectivity index (χ0) is 11.7. The van der Waals surface area contributed by atoms with Gasteiger partial charge in [0.25, 0.3) is 0 Å². The average Bonchev–Trinajstić information content (AvgIpc) is 2.26. The molecule has 1 aliphatic heterocycles. The fraction of sp³-hybridized carbons (Fsp3) is 0.600. The molecule has 1 aromatic heterocycles. The van der Waals surface area contributed by atoms with Crippen molar-refractivity contribution in [3.63, 3.8) is 0 Å². The molecule has 0 aliphatic carbocycles. The first kappa shape index (κ1) is 11.4. The van der Waals surface area contributed by atoms with Crippen LogP contribution >= 0.6 is 11.6 Å². The van der Waals surface area contributed by atoms with E-state index in [0.717, 1.165) is 19.5 Å². The molecular formula is C10H15ClN4O. The van der Waals surface area contributed by atoms with Crippen LogP contribution in [-0.4, -0.2) is 34.3 Å². The van der Waals surface area contributed by atoms with E-state index in [4.69, 9.17) is 17.3 Å². The van der Waals surface area contributed by atoms with Gasteiger partial charge >= 0.3 is 0 Å². The molecule has 88 valence electrons. The first-order valence-electron chi connectivity index (χ1n) is 5.28. The second-order valence-corrected chi connectivity index (χ2v) is 4.54. The molecule has 2 atom stereocenters. The van der Waals surface area contributed by atoms with Crippen molar-refractivity contribution >= 4 is 23.1 Å². The number of nitrogens with two attached hydrogens (primary N) is 1. The Morgan fingerprint density at radius 3 is 3.00 bits per heavy atom. The largest absolute Gasteiger partial charge is 0.393 e. The molecule has 2 heterocycles. The van der Waals surface area contributed by atoms with Crippen LogP contribution in [0.1, 0.15) is 13.3 Å². The Hall–Kier alpha value is -1.07. The first-order chi connectivity index (χ1) is 7.59. The molecule has 0 spiro atoms. The molecular weight excluding hydrogens is 228 g/mol. The second kappa shape index (κ2) is 4.43. The molecule has 0 radical (unpaired) electrons. The quantitative estimate of drug-likeness (QED) is 0.717. The van der Waals surface area contributed by atoms with Crippen LogP contribution in [-0.2, 0) is 0 Å². The Balaban J connectivity index is 2.22. The van der Waals surface area contributed by atoms with Crippen LogP contribution in [0.2, 0.25) is 5.15 Å². The maximum atomic E-state index is 9.65. The fourth-order valence-electron chi connectivity index (χ4n) is 1.94. The lowest BCUT2D eigenvalue weighted by Gasteiger charge is -2.35. The number of aliphatic hydroxyl groups excluding tert-OH is 1. The molecule has 1 aliphatic rings. The molecule has 2 unspecified atom stereocenters. The maximum absolute atomic E-state index is 9.65. The number of nitrogen functional groups attached to an aromatic ring is 1. The van der Waals surface area contributed by atoms with E-state index >= 15 is 0 Å². The van der Waals surface area contributed by atoms with Gasteiger partial charge in [-0.25, -0.2) is 9.97 Å². The number of halogens is 1. The summed E-state index contributed by atoms with van der Waals surface area (Å²) in [7, 11) is 0. The molecule has 2 rings (SSSR count). The van der Waals surface area contributed by atoms with Gasteiger partial charge < -0.3 is 15.7 Å². The third-order valence-electron chi connectivity index (χ3n) is 2.97. The minimum atomic E-state index is -0.241. The van der Waals surface area contributed by atoms with E-state index in [1.165, 1.54) is 6.33 Å². The highest BCUT2D eigenvalue weighted by atomic mass is 35.5. The van der Waals surface area contributed by atoms with Crippen molar-refractivity contribution in [2.45, 2.75) is 19.4 Å². The minimum absolute atomic E-state index is 0.210. The van der Waals surface area contributed by atoms with E-state index in [1.54, 1.807) is 0 Å². The van der Waals surface area contributed by atoms with Gasteiger partial charge in [-0.3, -0.25) is 0 Å². The van der Waals surface area contributed by atoms with Gasteiger partial charge in [-0.15, -0.1) is 0 Å². The zero-order valence-corrected chi connectivity index (χ0v) is 9.85. The lowest BCUT2D eigenvalue weighted by atomic mass is 9.97. The molecule has 16 heavy (non-hydrogen) atoms. The second-order valence-electron chi connectivity index (χ2n) is 4.18. The SMILES string of the molecule is CC1CN(c2ncnc(Cl)c2N)CCC1O. The van der Waals surface area contributed by atoms with E-state index in [2.05, 4.69) is 9.97 Å². The molecule has 1 fully saturated rings. The van der Waals surface area contributed by atoms with Crippen molar-refractivity contribution < 1.29 is 5.11 Å². The smallest absolute Gasteiger partial charge is 0.157 e. The Bertz CT molecular complexity index is 387. The Kier molecular flexibility index (Phi) is 3.16. The van der Waals surface area contributed by atoms with Crippen LogP contribution < -0.4 is 10.6 Å². The van der Waals surface area contributed by atoms with Gasteiger partial charge in [0, 0.05) is 13.1 Å². The van der Waals surface area contributed by atoms with Crippen LogP contribution in [0.15, 0.2) is 6.33 Å². The van der Waals surface area contributed by atoms with Gasteiger partial charge in [0.15, 0.2) is 11.0 Å². The van der Waals surface area contributed by atoms with Crippen LogP contribution in [0.3, 0.4) is 0 Å². The van der Waals surface area contributed by atoms with E-state index in [1.807, 2.05) is 11.8 Å². The van der Waals surface area contributed by atoms with Gasteiger partial charge in [0.05, 0.1) is 6.10 Å². The average molecular weight is 243 g/mol. The van der Waals surface area contributed by atoms with Gasteiger partial charge in [-0.05, 0) is 12.3 Å². The number of aliphatic hydroxyl groups is 1. The number of piperidine rings is 1. The highest BCUT2D eigenvalue weighted by Gasteiger charge is 2.26. The summed E-state index contributed by atoms with van der Waals surface area (Å²) in [6, 6.07) is 0. The van der Waals surface area contributed by atoms with E-state index in [-0.39, 0.29) is 17.2 Å². The highest BCUT2D eigenvalue weighted by molar-refractivity contribution is 6.32. The van der Waals surface area contributed by atoms with Crippen molar-refractivity contribution in [3.8, 4) is 0 Å². The topological polar surface area (TPSA) is 75.3 Å². The summed E-state index contributed by atoms with van der Waals surface area (Å²) in [6.45, 7) is 3.48. The molecule has 0 amide bonds. The summed E-state index contributed by atoms with van der Waals surface area (Å²) in [5.41, 5.74) is 6.24. The predicted molar refractivity (Wildman–Crippen MR) is 63.5 cm³/mol. The number of anilines is 2. The molecule has 5 nitrogen and oxygen atoms in total. The van der Waals surface area contributed by atoms with Gasteiger partial charge in [0.2, 0.25) is 0 Å². The zero-order valence-electron chi connectivity index (χ0n) is 9.10. The van der Waals surface area contributed by atoms with Crippen molar-refractivity contribution in [2.75, 3.05) is 23.7 Å². The molecule has 1 saturated heterocycles. The Morgan fingerprint density at radius 1 is 1.56 bits per heavy atom. The summed E-state index contributed by atoms with van der Waals surface area (Å²) in [6.07, 6.45) is 1.89. The van der Waals surface area contributed by atoms with Crippen LogP contribution in [0.25, 0.3) is 0 Å². The Labute approximate surface area is 99.3 Å². The molecule has 1 aromatic rings. The first-order valence-corrected chi connectivity index (χ1v) is 5.66. The minimum Gasteiger partial charge on any atom is -0.393 e. The van der Waals surface area contributed by atoms with Crippen LogP contribution in [0.4, 0.5) is 11.5 Å². The van der Waals surface area contributed by atoms with Crippen molar-refractivity contribution in [1.82, 2.24) is 9.97 Å². The summed E-state index contributed by atoms with van der Waals surface area (Å²) in [4.78, 5) is 10.0. The van der Waals surface area contributed by atoms with Crippen LogP contribution in [0.5, 0.6) is 0 Å². The summed E-state index contributed by atoms with van der Waals surface area (Å²) in [5, 5.41) is 9.93. The Morgan fingerprint density at radius 2 is 2.31 bits per heavy atom. The van der Waals surface area contributed by atoms with E-state index < -0.39 is 0 Å². The van der Waals surface area contributed by atoms with Crippen molar-refractivity contribution in [3.05, 3.63) is 11.5 Å². The van der Waals surface area contributed by atoms with E-state index in [0.29, 0.717) is 11.5 Å². The normalized spacial score (nSPS) is 25.8. The van der Waals surface area contributed by atoms with Gasteiger partial charge in [-0.2, -0.15) is 0 Å². The van der Waals surface area contributed by atoms with Gasteiger partial charge in [-0.1, -0.05) is 18.5 Å². The fourth-order valence-corrected chi connectivity index (χ4v) is 2.07. The number of nitrogens with zero attached hydrogens (tertiary/aromatic N) is 3. The summed E-state index contributed by atoms with van der Waals surface area (Å²) in [5.74, 6) is 0.876. The monoisotopic (exact) mass is 242 g/mol. The molecule has 0 bridgehead atoms. The lowest BCUT2D eigenvalue weighted by Crippen LogP contribution is -2.42. The van der Waals surface area contributed by atoms with Gasteiger partial charge in [0.1, 0.15) is 12.0 Å². The predicted octanol–water partition coefficient (Wildman–Crippen LogP) is 0.919. The number of aromatic nitrogens is 2. The number of rotatable bonds is 1. The van der Waals surface area contributed by atoms with Crippen molar-refractivity contribution in [2.24, 2.45) is 5.92 Å². The highest BCUT2D eigenvalue weighted by Crippen LogP contribution is 2.29. The number of hydrogen-bond acceptors (Lipinski definition) is 5. The molecule has 0 aromatic carbocycles. The summed E-state index contributed by atoms with van der Waals surface area (Å²) < 4.78 is 0. The summed E-state index contributed by atoms with van der Waals surface area (Å²) >= 11 is 5.85. The lowest BCUT2D eigenvalue weighted by molar-refractivity contribution is 0.0969. The molecule has 0 saturated carbocycles.